The molecule has 1 amide bonds. The SMILES string of the molecule is O=C(CSc1nnc2nc[nH]n12)Nc1nc2cc([N+](=O)[O-])ccc2s1. The van der Waals surface area contributed by atoms with Gasteiger partial charge in [-0.3, -0.25) is 20.0 Å². The van der Waals surface area contributed by atoms with Gasteiger partial charge < -0.3 is 5.32 Å². The Hall–Kier alpha value is -3.06. The van der Waals surface area contributed by atoms with Crippen molar-refractivity contribution in [2.24, 2.45) is 0 Å². The van der Waals surface area contributed by atoms with Gasteiger partial charge in [-0.05, 0) is 6.07 Å². The van der Waals surface area contributed by atoms with E-state index in [0.29, 0.717) is 21.6 Å². The molecule has 13 heteroatoms. The zero-order valence-electron chi connectivity index (χ0n) is 12.2. The summed E-state index contributed by atoms with van der Waals surface area (Å²) in [4.78, 5) is 30.5. The molecule has 4 rings (SSSR count). The smallest absolute Gasteiger partial charge is 0.272 e. The van der Waals surface area contributed by atoms with E-state index >= 15 is 0 Å². The summed E-state index contributed by atoms with van der Waals surface area (Å²) in [7, 11) is 0. The van der Waals surface area contributed by atoms with Crippen molar-refractivity contribution in [1.82, 2.24) is 29.8 Å². The van der Waals surface area contributed by atoms with Crippen molar-refractivity contribution in [2.45, 2.75) is 5.16 Å². The van der Waals surface area contributed by atoms with E-state index in [-0.39, 0.29) is 17.3 Å². The van der Waals surface area contributed by atoms with Crippen LogP contribution in [0.1, 0.15) is 0 Å². The van der Waals surface area contributed by atoms with Crippen LogP contribution in [0.15, 0.2) is 29.7 Å². The number of fused-ring (bicyclic) bond motifs is 2. The van der Waals surface area contributed by atoms with Gasteiger partial charge in [0.25, 0.3) is 11.5 Å². The molecule has 11 nitrogen and oxygen atoms in total. The molecule has 0 aliphatic heterocycles. The van der Waals surface area contributed by atoms with Crippen LogP contribution in [0.4, 0.5) is 10.8 Å². The van der Waals surface area contributed by atoms with Crippen molar-refractivity contribution >= 4 is 55.8 Å². The maximum atomic E-state index is 12.1. The van der Waals surface area contributed by atoms with Gasteiger partial charge in [0.2, 0.25) is 11.1 Å². The Bertz CT molecular complexity index is 1100. The number of thiazole rings is 1. The van der Waals surface area contributed by atoms with Gasteiger partial charge in [0.15, 0.2) is 5.13 Å². The number of nitro groups is 1. The second-order valence-corrected chi connectivity index (χ2v) is 6.74. The molecule has 0 saturated carbocycles. The summed E-state index contributed by atoms with van der Waals surface area (Å²) in [6, 6.07) is 4.39. The van der Waals surface area contributed by atoms with E-state index in [1.165, 1.54) is 41.6 Å². The Balaban J connectivity index is 1.44. The average Bonchev–Trinajstić information content (AvgIpc) is 3.27. The number of nitrogens with zero attached hydrogens (tertiary/aromatic N) is 6. The lowest BCUT2D eigenvalue weighted by Crippen LogP contribution is -2.14. The number of non-ortho nitro benzene ring substituents is 1. The molecule has 0 saturated heterocycles. The first kappa shape index (κ1) is 15.5. The first-order chi connectivity index (χ1) is 12.1. The fourth-order valence-corrected chi connectivity index (χ4v) is 3.62. The van der Waals surface area contributed by atoms with E-state index in [9.17, 15) is 14.9 Å². The number of amides is 1. The number of nitrogens with one attached hydrogen (secondary N) is 2. The molecule has 4 aromatic rings. The van der Waals surface area contributed by atoms with Crippen LogP contribution < -0.4 is 5.32 Å². The first-order valence-corrected chi connectivity index (χ1v) is 8.62. The second kappa shape index (κ2) is 6.10. The van der Waals surface area contributed by atoms with Crippen LogP contribution in [-0.2, 0) is 4.79 Å². The maximum absolute atomic E-state index is 12.1. The zero-order chi connectivity index (χ0) is 17.4. The minimum absolute atomic E-state index is 0.0402. The number of nitro benzene ring substituents is 1. The van der Waals surface area contributed by atoms with Gasteiger partial charge in [0.05, 0.1) is 20.9 Å². The lowest BCUT2D eigenvalue weighted by atomic mass is 10.3. The molecule has 0 fully saturated rings. The molecule has 0 radical (unpaired) electrons. The second-order valence-electron chi connectivity index (χ2n) is 4.77. The van der Waals surface area contributed by atoms with Crippen molar-refractivity contribution < 1.29 is 9.72 Å². The number of aromatic amines is 1. The number of anilines is 1. The number of aromatic nitrogens is 6. The van der Waals surface area contributed by atoms with Gasteiger partial charge in [-0.15, -0.1) is 10.2 Å². The Kier molecular flexibility index (Phi) is 3.77. The van der Waals surface area contributed by atoms with Crippen molar-refractivity contribution in [3.63, 3.8) is 0 Å². The Labute approximate surface area is 146 Å². The van der Waals surface area contributed by atoms with Gasteiger partial charge >= 0.3 is 0 Å². The summed E-state index contributed by atoms with van der Waals surface area (Å²) < 4.78 is 2.32. The number of rotatable bonds is 5. The highest BCUT2D eigenvalue weighted by atomic mass is 32.2. The van der Waals surface area contributed by atoms with Gasteiger partial charge in [-0.2, -0.15) is 9.50 Å². The fourth-order valence-electron chi connectivity index (χ4n) is 2.07. The molecule has 2 N–H and O–H groups in total. The average molecular weight is 376 g/mol. The highest BCUT2D eigenvalue weighted by Crippen LogP contribution is 2.29. The van der Waals surface area contributed by atoms with Gasteiger partial charge in [-0.1, -0.05) is 23.1 Å². The van der Waals surface area contributed by atoms with Crippen LogP contribution in [0.3, 0.4) is 0 Å². The van der Waals surface area contributed by atoms with E-state index in [1.807, 2.05) is 0 Å². The molecule has 0 aliphatic rings. The lowest BCUT2D eigenvalue weighted by molar-refractivity contribution is -0.384. The van der Waals surface area contributed by atoms with Crippen LogP contribution in [-0.4, -0.2) is 46.4 Å². The topological polar surface area (TPSA) is 144 Å². The summed E-state index contributed by atoms with van der Waals surface area (Å²) >= 11 is 2.44. The zero-order valence-corrected chi connectivity index (χ0v) is 13.9. The minimum Gasteiger partial charge on any atom is -0.301 e. The standard InChI is InChI=1S/C12H8N8O3S2/c21-9(4-24-12-18-17-10-13-5-14-19(10)12)16-11-15-7-3-6(20(22)23)1-2-8(7)25-11/h1-3,5H,4H2,(H,13,14,17)(H,15,16,21). The van der Waals surface area contributed by atoms with Crippen molar-refractivity contribution in [3.8, 4) is 0 Å². The van der Waals surface area contributed by atoms with Crippen LogP contribution in [0.5, 0.6) is 0 Å². The number of carbonyl (C=O) groups excluding carboxylic acids is 1. The molecule has 3 heterocycles. The third-order valence-corrected chi connectivity index (χ3v) is 5.02. The summed E-state index contributed by atoms with van der Waals surface area (Å²) in [6.45, 7) is 0. The molecule has 126 valence electrons. The predicted octanol–water partition coefficient (Wildman–Crippen LogP) is 1.70. The molecule has 0 atom stereocenters. The Morgan fingerprint density at radius 2 is 2.32 bits per heavy atom. The van der Waals surface area contributed by atoms with E-state index < -0.39 is 4.92 Å². The summed E-state index contributed by atoms with van der Waals surface area (Å²) in [5, 5.41) is 25.0. The normalized spacial score (nSPS) is 11.2. The van der Waals surface area contributed by atoms with Crippen LogP contribution in [0.2, 0.25) is 0 Å². The molecule has 0 spiro atoms. The largest absolute Gasteiger partial charge is 0.301 e. The third-order valence-electron chi connectivity index (χ3n) is 3.14. The number of hydrogen-bond donors (Lipinski definition) is 2. The molecule has 3 aromatic heterocycles. The molecule has 0 aliphatic carbocycles. The van der Waals surface area contributed by atoms with E-state index in [0.717, 1.165) is 4.70 Å². The molecule has 1 aromatic carbocycles. The van der Waals surface area contributed by atoms with Crippen molar-refractivity contribution in [3.05, 3.63) is 34.6 Å². The third kappa shape index (κ3) is 3.01. The lowest BCUT2D eigenvalue weighted by Gasteiger charge is -1.99. The highest BCUT2D eigenvalue weighted by Gasteiger charge is 2.14. The molecule has 0 unspecified atom stereocenters. The molecular formula is C12H8N8O3S2. The van der Waals surface area contributed by atoms with Crippen LogP contribution in [0, 0.1) is 10.1 Å². The minimum atomic E-state index is -0.484. The van der Waals surface area contributed by atoms with E-state index in [1.54, 1.807) is 10.6 Å². The van der Waals surface area contributed by atoms with E-state index in [2.05, 4.69) is 30.6 Å². The van der Waals surface area contributed by atoms with Gasteiger partial charge in [0.1, 0.15) is 6.33 Å². The number of carbonyl (C=O) groups is 1. The number of hydrogen-bond acceptors (Lipinski definition) is 9. The van der Waals surface area contributed by atoms with Gasteiger partial charge in [0, 0.05) is 12.1 Å². The predicted molar refractivity (Wildman–Crippen MR) is 90.8 cm³/mol. The molecule has 25 heavy (non-hydrogen) atoms. The quantitative estimate of drug-likeness (QED) is 0.304. The van der Waals surface area contributed by atoms with Crippen LogP contribution >= 0.6 is 23.1 Å². The Morgan fingerprint density at radius 3 is 3.16 bits per heavy atom. The summed E-state index contributed by atoms with van der Waals surface area (Å²) in [5.74, 6) is 0.265. The fraction of sp³-hybridized carbons (Fsp3) is 0.0833. The number of thioether (sulfide) groups is 1. The van der Waals surface area contributed by atoms with Crippen molar-refractivity contribution in [1.29, 1.82) is 0 Å². The maximum Gasteiger partial charge on any atom is 0.272 e. The molecular weight excluding hydrogens is 368 g/mol. The van der Waals surface area contributed by atoms with Gasteiger partial charge in [-0.25, -0.2) is 4.98 Å². The number of benzene rings is 1. The summed E-state index contributed by atoms with van der Waals surface area (Å²) in [6.07, 6.45) is 1.48. The first-order valence-electron chi connectivity index (χ1n) is 6.82. The van der Waals surface area contributed by atoms with Crippen LogP contribution in [0.25, 0.3) is 16.0 Å². The molecule has 0 bridgehead atoms. The van der Waals surface area contributed by atoms with E-state index in [4.69, 9.17) is 0 Å². The highest BCUT2D eigenvalue weighted by molar-refractivity contribution is 7.99. The monoisotopic (exact) mass is 376 g/mol. The summed E-state index contributed by atoms with van der Waals surface area (Å²) in [5.41, 5.74) is 0.431. The number of H-pyrrole nitrogens is 1. The van der Waals surface area contributed by atoms with Crippen molar-refractivity contribution in [2.75, 3.05) is 11.1 Å². The Morgan fingerprint density at radius 1 is 1.44 bits per heavy atom.